The number of piperazine rings is 1. The maximum atomic E-state index is 11.8. The van der Waals surface area contributed by atoms with Gasteiger partial charge in [0.1, 0.15) is 0 Å². The number of nitrogens with one attached hydrogen (secondary N) is 1. The highest BCUT2D eigenvalue weighted by molar-refractivity contribution is 5.79. The maximum absolute atomic E-state index is 11.8. The van der Waals surface area contributed by atoms with Crippen LogP contribution in [0.4, 0.5) is 0 Å². The molecule has 0 unspecified atom stereocenters. The molecule has 1 aromatic rings. The zero-order valence-corrected chi connectivity index (χ0v) is 10.4. The van der Waals surface area contributed by atoms with Crippen molar-refractivity contribution in [2.45, 2.75) is 24.9 Å². The average Bonchev–Trinajstić information content (AvgIpc) is 2.81. The van der Waals surface area contributed by atoms with Crippen LogP contribution in [0.5, 0.6) is 0 Å². The molecule has 0 radical (unpaired) electrons. The van der Waals surface area contributed by atoms with E-state index < -0.39 is 0 Å². The molecule has 0 aromatic heterocycles. The fourth-order valence-corrected chi connectivity index (χ4v) is 3.17. The average molecular weight is 242 g/mol. The van der Waals surface area contributed by atoms with E-state index in [2.05, 4.69) is 30.1 Å². The Morgan fingerprint density at radius 1 is 1.39 bits per heavy atom. The van der Waals surface area contributed by atoms with Gasteiger partial charge < -0.3 is 10.2 Å². The van der Waals surface area contributed by atoms with Gasteiger partial charge in [0.25, 0.3) is 0 Å². The number of amides is 1. The number of fused-ring (bicyclic) bond motifs is 1. The van der Waals surface area contributed by atoms with E-state index in [9.17, 15) is 4.79 Å². The van der Waals surface area contributed by atoms with Gasteiger partial charge in [-0.3, -0.25) is 4.79 Å². The van der Waals surface area contributed by atoms with Gasteiger partial charge in [0.15, 0.2) is 0 Å². The molecule has 3 rings (SSSR count). The number of carbonyl (C=O) groups excluding carboxylic acids is 1. The smallest absolute Gasteiger partial charge is 0.223 e. The summed E-state index contributed by atoms with van der Waals surface area (Å²) in [5.74, 6) is 0.308. The number of hydrogen-bond donors (Lipinski definition) is 1. The van der Waals surface area contributed by atoms with Crippen LogP contribution < -0.4 is 5.32 Å². The highest BCUT2D eigenvalue weighted by Gasteiger charge is 2.39. The molecule has 1 aromatic carbocycles. The molecule has 1 N–H and O–H groups in total. The van der Waals surface area contributed by atoms with Crippen molar-refractivity contribution in [3.63, 3.8) is 0 Å². The third-order valence-electron chi connectivity index (χ3n) is 4.03. The number of rotatable bonds is 2. The molecule has 2 atom stereocenters. The minimum absolute atomic E-state index is 0.249. The van der Waals surface area contributed by atoms with E-state index in [1.807, 2.05) is 17.0 Å². The summed E-state index contributed by atoms with van der Waals surface area (Å²) in [5, 5.41) is 3.56. The molecule has 2 aliphatic rings. The molecular weight excluding hydrogens is 224 g/mol. The standard InChI is InChI=1S/C15H18N2O/c1-2-11-5-3-4-6-12(11)15-13-7-8-14(18)17(13)10-9-16-15/h2-6,13,15-16H,1,7-10H2/t13-,15-/m0/s1. The van der Waals surface area contributed by atoms with Gasteiger partial charge in [-0.05, 0) is 17.5 Å². The number of hydrogen-bond acceptors (Lipinski definition) is 2. The fourth-order valence-electron chi connectivity index (χ4n) is 3.17. The lowest BCUT2D eigenvalue weighted by Crippen LogP contribution is -2.51. The van der Waals surface area contributed by atoms with Crippen molar-refractivity contribution in [2.24, 2.45) is 0 Å². The van der Waals surface area contributed by atoms with Gasteiger partial charge in [-0.15, -0.1) is 0 Å². The van der Waals surface area contributed by atoms with E-state index in [1.165, 1.54) is 5.56 Å². The monoisotopic (exact) mass is 242 g/mol. The topological polar surface area (TPSA) is 32.3 Å². The SMILES string of the molecule is C=Cc1ccccc1[C@@H]1NCCN2C(=O)CC[C@@H]12. The lowest BCUT2D eigenvalue weighted by Gasteiger charge is -2.38. The van der Waals surface area contributed by atoms with Crippen molar-refractivity contribution in [1.82, 2.24) is 10.2 Å². The van der Waals surface area contributed by atoms with E-state index in [4.69, 9.17) is 0 Å². The molecule has 2 fully saturated rings. The Morgan fingerprint density at radius 3 is 3.06 bits per heavy atom. The first-order valence-corrected chi connectivity index (χ1v) is 6.55. The third-order valence-corrected chi connectivity index (χ3v) is 4.03. The summed E-state index contributed by atoms with van der Waals surface area (Å²) < 4.78 is 0. The minimum Gasteiger partial charge on any atom is -0.337 e. The number of nitrogens with zero attached hydrogens (tertiary/aromatic N) is 1. The molecule has 18 heavy (non-hydrogen) atoms. The second kappa shape index (κ2) is 4.58. The molecule has 3 nitrogen and oxygen atoms in total. The van der Waals surface area contributed by atoms with Crippen LogP contribution in [0.3, 0.4) is 0 Å². The zero-order valence-electron chi connectivity index (χ0n) is 10.4. The second-order valence-electron chi connectivity index (χ2n) is 4.96. The molecule has 94 valence electrons. The highest BCUT2D eigenvalue weighted by atomic mass is 16.2. The number of benzene rings is 1. The molecule has 0 spiro atoms. The molecule has 2 aliphatic heterocycles. The molecule has 2 saturated heterocycles. The molecular formula is C15H18N2O. The van der Waals surface area contributed by atoms with Crippen LogP contribution in [0.1, 0.15) is 30.0 Å². The van der Waals surface area contributed by atoms with Crippen molar-refractivity contribution in [3.8, 4) is 0 Å². The zero-order chi connectivity index (χ0) is 12.5. The largest absolute Gasteiger partial charge is 0.337 e. The Bertz CT molecular complexity index is 483. The molecule has 0 saturated carbocycles. The highest BCUT2D eigenvalue weighted by Crippen LogP contribution is 2.33. The summed E-state index contributed by atoms with van der Waals surface area (Å²) in [6.07, 6.45) is 3.55. The Kier molecular flexibility index (Phi) is 2.92. The van der Waals surface area contributed by atoms with Crippen molar-refractivity contribution in [3.05, 3.63) is 42.0 Å². The molecule has 0 aliphatic carbocycles. The fraction of sp³-hybridized carbons (Fsp3) is 0.400. The predicted molar refractivity (Wildman–Crippen MR) is 72.0 cm³/mol. The van der Waals surface area contributed by atoms with Crippen LogP contribution in [-0.4, -0.2) is 29.9 Å². The van der Waals surface area contributed by atoms with Crippen LogP contribution >= 0.6 is 0 Å². The van der Waals surface area contributed by atoms with Gasteiger partial charge >= 0.3 is 0 Å². The summed E-state index contributed by atoms with van der Waals surface area (Å²) in [5.41, 5.74) is 2.42. The maximum Gasteiger partial charge on any atom is 0.223 e. The molecule has 0 bridgehead atoms. The molecule has 3 heteroatoms. The van der Waals surface area contributed by atoms with E-state index in [-0.39, 0.29) is 6.04 Å². The summed E-state index contributed by atoms with van der Waals surface area (Å²) in [4.78, 5) is 13.9. The quantitative estimate of drug-likeness (QED) is 0.860. The Labute approximate surface area is 107 Å². The summed E-state index contributed by atoms with van der Waals surface area (Å²) in [7, 11) is 0. The van der Waals surface area contributed by atoms with E-state index >= 15 is 0 Å². The van der Waals surface area contributed by atoms with Crippen molar-refractivity contribution in [1.29, 1.82) is 0 Å². The molecule has 2 heterocycles. The van der Waals surface area contributed by atoms with Crippen molar-refractivity contribution >= 4 is 12.0 Å². The van der Waals surface area contributed by atoms with Crippen LogP contribution in [-0.2, 0) is 4.79 Å². The lowest BCUT2D eigenvalue weighted by molar-refractivity contribution is -0.130. The Morgan fingerprint density at radius 2 is 2.22 bits per heavy atom. The van der Waals surface area contributed by atoms with Gasteiger partial charge in [-0.2, -0.15) is 0 Å². The van der Waals surface area contributed by atoms with Crippen LogP contribution in [0, 0.1) is 0 Å². The van der Waals surface area contributed by atoms with Crippen molar-refractivity contribution in [2.75, 3.05) is 13.1 Å². The van der Waals surface area contributed by atoms with Crippen molar-refractivity contribution < 1.29 is 4.79 Å². The van der Waals surface area contributed by atoms with Gasteiger partial charge in [-0.25, -0.2) is 0 Å². The lowest BCUT2D eigenvalue weighted by atomic mass is 9.92. The first kappa shape index (κ1) is 11.5. The minimum atomic E-state index is 0.249. The van der Waals surface area contributed by atoms with Crippen LogP contribution in [0.25, 0.3) is 6.08 Å². The molecule has 1 amide bonds. The van der Waals surface area contributed by atoms with Gasteiger partial charge in [0.05, 0.1) is 12.1 Å². The Hall–Kier alpha value is -1.61. The third kappa shape index (κ3) is 1.75. The van der Waals surface area contributed by atoms with E-state index in [0.717, 1.165) is 25.1 Å². The van der Waals surface area contributed by atoms with Gasteiger partial charge in [-0.1, -0.05) is 36.9 Å². The predicted octanol–water partition coefficient (Wildman–Crippen LogP) is 1.96. The first-order valence-electron chi connectivity index (χ1n) is 6.55. The number of carbonyl (C=O) groups is 1. The van der Waals surface area contributed by atoms with Crippen LogP contribution in [0.2, 0.25) is 0 Å². The summed E-state index contributed by atoms with van der Waals surface area (Å²) >= 11 is 0. The van der Waals surface area contributed by atoms with Crippen LogP contribution in [0.15, 0.2) is 30.8 Å². The summed E-state index contributed by atoms with van der Waals surface area (Å²) in [6, 6.07) is 8.87. The van der Waals surface area contributed by atoms with Gasteiger partial charge in [0.2, 0.25) is 5.91 Å². The van der Waals surface area contributed by atoms with Gasteiger partial charge in [0, 0.05) is 19.5 Å². The Balaban J connectivity index is 1.96. The first-order chi connectivity index (χ1) is 8.81. The van der Waals surface area contributed by atoms with E-state index in [0.29, 0.717) is 18.4 Å². The summed E-state index contributed by atoms with van der Waals surface area (Å²) in [6.45, 7) is 5.60. The second-order valence-corrected chi connectivity index (χ2v) is 4.96. The van der Waals surface area contributed by atoms with E-state index in [1.54, 1.807) is 0 Å². The normalized spacial score (nSPS) is 27.1.